The number of hydrogen-bond acceptors (Lipinski definition) is 11. The number of esters is 4. The first-order chi connectivity index (χ1) is 12.5. The molecular formula is C15H24N4O8. The van der Waals surface area contributed by atoms with Crippen molar-refractivity contribution in [1.29, 1.82) is 0 Å². The highest BCUT2D eigenvalue weighted by Gasteiger charge is 2.24. The summed E-state index contributed by atoms with van der Waals surface area (Å²) >= 11 is 0. The zero-order valence-corrected chi connectivity index (χ0v) is 15.5. The molecule has 0 aliphatic carbocycles. The Kier molecular flexibility index (Phi) is 11.3. The van der Waals surface area contributed by atoms with Gasteiger partial charge in [0.2, 0.25) is 5.91 Å². The standard InChI is InChI=1S/C15H24N4O8/c1-10(19(5-4-17-25)9-15(24)27-12(3)21)6-18(7-13(16)22)8-14(23)26-11(2)20/h10H,4-9H2,1-3H3,(H2,16,22)/t10-/m0/s1. The number of carbonyl (C=O) groups is 5. The Bertz CT molecular complexity index is 580. The van der Waals surface area contributed by atoms with Crippen molar-refractivity contribution in [3.63, 3.8) is 0 Å². The first-order valence-electron chi connectivity index (χ1n) is 8.01. The molecular weight excluding hydrogens is 364 g/mol. The molecule has 12 heteroatoms. The molecule has 0 heterocycles. The maximum absolute atomic E-state index is 11.7. The minimum absolute atomic E-state index is 0.0716. The largest absolute Gasteiger partial charge is 0.392 e. The highest BCUT2D eigenvalue weighted by molar-refractivity contribution is 5.86. The van der Waals surface area contributed by atoms with Crippen molar-refractivity contribution in [2.24, 2.45) is 10.9 Å². The Morgan fingerprint density at radius 1 is 0.963 bits per heavy atom. The van der Waals surface area contributed by atoms with Gasteiger partial charge in [0.25, 0.3) is 0 Å². The Labute approximate surface area is 155 Å². The molecule has 0 aromatic heterocycles. The van der Waals surface area contributed by atoms with E-state index in [0.29, 0.717) is 0 Å². The van der Waals surface area contributed by atoms with Gasteiger partial charge < -0.3 is 15.2 Å². The molecule has 0 radical (unpaired) electrons. The Morgan fingerprint density at radius 2 is 1.48 bits per heavy atom. The van der Waals surface area contributed by atoms with Gasteiger partial charge in [-0.25, -0.2) is 0 Å². The molecule has 12 nitrogen and oxygen atoms in total. The van der Waals surface area contributed by atoms with E-state index in [0.717, 1.165) is 13.8 Å². The molecule has 2 N–H and O–H groups in total. The van der Waals surface area contributed by atoms with Crippen LogP contribution in [0.25, 0.3) is 0 Å². The second-order valence-electron chi connectivity index (χ2n) is 5.74. The molecule has 0 aromatic rings. The first kappa shape index (κ1) is 24.3. The minimum atomic E-state index is -0.868. The maximum Gasteiger partial charge on any atom is 0.327 e. The van der Waals surface area contributed by atoms with Crippen LogP contribution in [0.5, 0.6) is 0 Å². The molecule has 0 bridgehead atoms. The molecule has 0 saturated heterocycles. The molecule has 0 unspecified atom stereocenters. The van der Waals surface area contributed by atoms with Crippen LogP contribution in [-0.4, -0.2) is 84.9 Å². The van der Waals surface area contributed by atoms with E-state index >= 15 is 0 Å². The maximum atomic E-state index is 11.7. The Balaban J connectivity index is 5.06. The molecule has 0 aliphatic heterocycles. The molecule has 0 aliphatic rings. The number of rotatable bonds is 12. The average Bonchev–Trinajstić information content (AvgIpc) is 2.48. The third-order valence-corrected chi connectivity index (χ3v) is 3.20. The number of hydrogen-bond donors (Lipinski definition) is 1. The number of nitrogens with two attached hydrogens (primary N) is 1. The molecule has 27 heavy (non-hydrogen) atoms. The lowest BCUT2D eigenvalue weighted by Gasteiger charge is -2.31. The van der Waals surface area contributed by atoms with E-state index in [9.17, 15) is 28.9 Å². The fourth-order valence-electron chi connectivity index (χ4n) is 2.25. The van der Waals surface area contributed by atoms with Gasteiger partial charge in [-0.3, -0.25) is 33.8 Å². The number of ether oxygens (including phenoxy) is 2. The van der Waals surface area contributed by atoms with Crippen LogP contribution in [0.4, 0.5) is 0 Å². The van der Waals surface area contributed by atoms with Gasteiger partial charge in [0.1, 0.15) is 0 Å². The van der Waals surface area contributed by atoms with Crippen LogP contribution in [0, 0.1) is 4.91 Å². The summed E-state index contributed by atoms with van der Waals surface area (Å²) in [6, 6.07) is -0.462. The Hall–Kier alpha value is -2.73. The summed E-state index contributed by atoms with van der Waals surface area (Å²) in [7, 11) is 0. The third-order valence-electron chi connectivity index (χ3n) is 3.20. The zero-order chi connectivity index (χ0) is 21.0. The number of nitroso groups, excluding NO2 is 1. The average molecular weight is 388 g/mol. The van der Waals surface area contributed by atoms with Crippen LogP contribution < -0.4 is 5.73 Å². The van der Waals surface area contributed by atoms with Crippen molar-refractivity contribution in [2.45, 2.75) is 26.8 Å². The molecule has 0 fully saturated rings. The predicted molar refractivity (Wildman–Crippen MR) is 90.9 cm³/mol. The van der Waals surface area contributed by atoms with Crippen molar-refractivity contribution in [3.8, 4) is 0 Å². The van der Waals surface area contributed by atoms with Crippen LogP contribution in [0.3, 0.4) is 0 Å². The predicted octanol–water partition coefficient (Wildman–Crippen LogP) is -1.59. The number of primary amides is 1. The number of amides is 1. The number of carbonyl (C=O) groups excluding carboxylic acids is 5. The van der Waals surface area contributed by atoms with Crippen LogP contribution >= 0.6 is 0 Å². The lowest BCUT2D eigenvalue weighted by Crippen LogP contribution is -2.49. The highest BCUT2D eigenvalue weighted by atomic mass is 16.6. The summed E-state index contributed by atoms with van der Waals surface area (Å²) in [4.78, 5) is 69.5. The molecule has 1 amide bonds. The van der Waals surface area contributed by atoms with Gasteiger partial charge in [0.15, 0.2) is 0 Å². The van der Waals surface area contributed by atoms with Crippen molar-refractivity contribution in [2.75, 3.05) is 39.3 Å². The van der Waals surface area contributed by atoms with Crippen LogP contribution in [0.1, 0.15) is 20.8 Å². The second kappa shape index (κ2) is 12.6. The summed E-state index contributed by atoms with van der Waals surface area (Å²) in [6.07, 6.45) is 0. The van der Waals surface area contributed by atoms with Gasteiger partial charge in [0, 0.05) is 33.0 Å². The topological polar surface area (TPSA) is 166 Å². The summed E-state index contributed by atoms with van der Waals surface area (Å²) in [5.74, 6) is -3.97. The van der Waals surface area contributed by atoms with Crippen LogP contribution in [0.15, 0.2) is 5.18 Å². The monoisotopic (exact) mass is 388 g/mol. The van der Waals surface area contributed by atoms with Gasteiger partial charge in [-0.2, -0.15) is 4.91 Å². The SMILES string of the molecule is CC(=O)OC(=O)CN(CC(N)=O)C[C@H](C)N(CCN=O)CC(=O)OC(C)=O. The zero-order valence-electron chi connectivity index (χ0n) is 15.5. The van der Waals surface area contributed by atoms with E-state index in [-0.39, 0.29) is 39.3 Å². The summed E-state index contributed by atoms with van der Waals surface area (Å²) < 4.78 is 8.89. The molecule has 152 valence electrons. The first-order valence-corrected chi connectivity index (χ1v) is 8.01. The normalized spacial score (nSPS) is 11.7. The van der Waals surface area contributed by atoms with E-state index in [1.165, 1.54) is 9.80 Å². The molecule has 0 rings (SSSR count). The third kappa shape index (κ3) is 12.3. The lowest BCUT2D eigenvalue weighted by atomic mass is 10.2. The van der Waals surface area contributed by atoms with Gasteiger partial charge in [-0.15, -0.1) is 0 Å². The molecule has 0 aromatic carbocycles. The minimum Gasteiger partial charge on any atom is -0.392 e. The second-order valence-corrected chi connectivity index (χ2v) is 5.74. The van der Waals surface area contributed by atoms with E-state index in [1.807, 2.05) is 0 Å². The summed E-state index contributed by atoms with van der Waals surface area (Å²) in [5, 5.41) is 2.72. The van der Waals surface area contributed by atoms with Gasteiger partial charge in [-0.1, -0.05) is 5.18 Å². The number of nitrogens with zero attached hydrogens (tertiary/aromatic N) is 3. The summed E-state index contributed by atoms with van der Waals surface area (Å²) in [5.41, 5.74) is 5.16. The van der Waals surface area contributed by atoms with Gasteiger partial charge >= 0.3 is 23.9 Å². The Morgan fingerprint density at radius 3 is 1.93 bits per heavy atom. The van der Waals surface area contributed by atoms with Gasteiger partial charge in [-0.05, 0) is 6.92 Å². The van der Waals surface area contributed by atoms with Crippen molar-refractivity contribution < 1.29 is 33.4 Å². The smallest absolute Gasteiger partial charge is 0.327 e. The van der Waals surface area contributed by atoms with Gasteiger partial charge in [0.05, 0.1) is 26.2 Å². The molecule has 0 saturated carbocycles. The van der Waals surface area contributed by atoms with E-state index in [1.54, 1.807) is 6.92 Å². The van der Waals surface area contributed by atoms with Crippen molar-refractivity contribution in [1.82, 2.24) is 9.80 Å². The van der Waals surface area contributed by atoms with Crippen molar-refractivity contribution >= 4 is 29.8 Å². The summed E-state index contributed by atoms with van der Waals surface area (Å²) in [6.45, 7) is 2.85. The van der Waals surface area contributed by atoms with Crippen LogP contribution in [0.2, 0.25) is 0 Å². The van der Waals surface area contributed by atoms with E-state index < -0.39 is 35.8 Å². The van der Waals surface area contributed by atoms with E-state index in [2.05, 4.69) is 14.7 Å². The van der Waals surface area contributed by atoms with Crippen LogP contribution in [-0.2, 0) is 33.4 Å². The molecule has 1 atom stereocenters. The van der Waals surface area contributed by atoms with Crippen molar-refractivity contribution in [3.05, 3.63) is 4.91 Å². The fourth-order valence-corrected chi connectivity index (χ4v) is 2.25. The quantitative estimate of drug-likeness (QED) is 0.234. The lowest BCUT2D eigenvalue weighted by molar-refractivity contribution is -0.161. The fraction of sp³-hybridized carbons (Fsp3) is 0.667. The highest BCUT2D eigenvalue weighted by Crippen LogP contribution is 2.04. The molecule has 0 spiro atoms. The van der Waals surface area contributed by atoms with E-state index in [4.69, 9.17) is 5.73 Å².